The molecule has 0 amide bonds. The molecule has 1 aliphatic heterocycles. The highest BCUT2D eigenvalue weighted by Gasteiger charge is 2.35. The lowest BCUT2D eigenvalue weighted by atomic mass is 9.71. The Kier molecular flexibility index (Phi) is 6.05. The summed E-state index contributed by atoms with van der Waals surface area (Å²) in [6, 6.07) is 0. The average molecular weight is 317 g/mol. The van der Waals surface area contributed by atoms with Crippen LogP contribution in [0.15, 0.2) is 0 Å². The molecule has 1 aliphatic carbocycles. The van der Waals surface area contributed by atoms with Crippen molar-refractivity contribution in [3.05, 3.63) is 0 Å². The van der Waals surface area contributed by atoms with Crippen LogP contribution < -0.4 is 10.0 Å². The molecule has 1 heterocycles. The maximum absolute atomic E-state index is 12.4. The van der Waals surface area contributed by atoms with Gasteiger partial charge >= 0.3 is 0 Å². The minimum Gasteiger partial charge on any atom is -0.316 e. The van der Waals surface area contributed by atoms with Crippen LogP contribution in [0, 0.1) is 11.3 Å². The Morgan fingerprint density at radius 2 is 2.05 bits per heavy atom. The quantitative estimate of drug-likeness (QED) is 0.670. The molecule has 21 heavy (non-hydrogen) atoms. The SMILES string of the molecule is CCCNCC1CCCN(S(=O)(=O)NCC2(C)CCC2)C1. The first-order chi connectivity index (χ1) is 9.95. The lowest BCUT2D eigenvalue weighted by Crippen LogP contribution is -2.50. The van der Waals surface area contributed by atoms with E-state index < -0.39 is 10.2 Å². The van der Waals surface area contributed by atoms with Gasteiger partial charge in [0.2, 0.25) is 0 Å². The van der Waals surface area contributed by atoms with Crippen molar-refractivity contribution in [2.24, 2.45) is 11.3 Å². The van der Waals surface area contributed by atoms with Crippen LogP contribution in [0.4, 0.5) is 0 Å². The van der Waals surface area contributed by atoms with Crippen molar-refractivity contribution in [1.29, 1.82) is 0 Å². The number of piperidine rings is 1. The number of hydrogen-bond donors (Lipinski definition) is 2. The number of hydrogen-bond acceptors (Lipinski definition) is 3. The van der Waals surface area contributed by atoms with Gasteiger partial charge < -0.3 is 5.32 Å². The Bertz CT molecular complexity index is 421. The van der Waals surface area contributed by atoms with Crippen LogP contribution in [0.2, 0.25) is 0 Å². The lowest BCUT2D eigenvalue weighted by molar-refractivity contribution is 0.164. The van der Waals surface area contributed by atoms with Crippen molar-refractivity contribution in [3.63, 3.8) is 0 Å². The van der Waals surface area contributed by atoms with Crippen molar-refractivity contribution >= 4 is 10.2 Å². The molecule has 0 bridgehead atoms. The average Bonchev–Trinajstić information content (AvgIpc) is 2.44. The Morgan fingerprint density at radius 3 is 2.67 bits per heavy atom. The van der Waals surface area contributed by atoms with Crippen LogP contribution in [0.3, 0.4) is 0 Å². The van der Waals surface area contributed by atoms with Crippen LogP contribution in [0.1, 0.15) is 52.4 Å². The molecule has 2 rings (SSSR count). The van der Waals surface area contributed by atoms with Gasteiger partial charge in [0.05, 0.1) is 0 Å². The second kappa shape index (κ2) is 7.40. The van der Waals surface area contributed by atoms with Crippen LogP contribution in [0.25, 0.3) is 0 Å². The van der Waals surface area contributed by atoms with Crippen LogP contribution >= 0.6 is 0 Å². The summed E-state index contributed by atoms with van der Waals surface area (Å²) >= 11 is 0. The molecule has 0 radical (unpaired) electrons. The van der Waals surface area contributed by atoms with Crippen LogP contribution in [-0.2, 0) is 10.2 Å². The van der Waals surface area contributed by atoms with Crippen LogP contribution in [0.5, 0.6) is 0 Å². The van der Waals surface area contributed by atoms with E-state index in [1.807, 2.05) is 0 Å². The summed E-state index contributed by atoms with van der Waals surface area (Å²) in [6.07, 6.45) is 6.72. The summed E-state index contributed by atoms with van der Waals surface area (Å²) in [5.74, 6) is 0.446. The van der Waals surface area contributed by atoms with Crippen LogP contribution in [-0.4, -0.2) is 45.4 Å². The largest absolute Gasteiger partial charge is 0.316 e. The minimum absolute atomic E-state index is 0.185. The predicted octanol–water partition coefficient (Wildman–Crippen LogP) is 1.72. The Hall–Kier alpha value is -0.170. The van der Waals surface area contributed by atoms with E-state index >= 15 is 0 Å². The highest BCUT2D eigenvalue weighted by atomic mass is 32.2. The van der Waals surface area contributed by atoms with Gasteiger partial charge in [0.15, 0.2) is 0 Å². The third-order valence-corrected chi connectivity index (χ3v) is 6.44. The zero-order chi connectivity index (χ0) is 15.3. The minimum atomic E-state index is -3.30. The highest BCUT2D eigenvalue weighted by molar-refractivity contribution is 7.87. The molecule has 1 saturated heterocycles. The van der Waals surface area contributed by atoms with E-state index in [9.17, 15) is 8.42 Å². The molecule has 2 fully saturated rings. The summed E-state index contributed by atoms with van der Waals surface area (Å²) in [6.45, 7) is 8.17. The second-order valence-corrected chi connectivity index (χ2v) is 8.82. The van der Waals surface area contributed by atoms with E-state index in [2.05, 4.69) is 23.9 Å². The molecule has 0 aromatic carbocycles. The van der Waals surface area contributed by atoms with E-state index in [0.717, 1.165) is 45.2 Å². The zero-order valence-corrected chi connectivity index (χ0v) is 14.3. The number of nitrogens with one attached hydrogen (secondary N) is 2. The van der Waals surface area contributed by atoms with Gasteiger partial charge in [0.1, 0.15) is 0 Å². The van der Waals surface area contributed by atoms with Gasteiger partial charge in [0, 0.05) is 19.6 Å². The Balaban J connectivity index is 1.81. The topological polar surface area (TPSA) is 61.4 Å². The summed E-state index contributed by atoms with van der Waals surface area (Å²) in [5.41, 5.74) is 0.185. The van der Waals surface area contributed by atoms with Crippen molar-refractivity contribution in [3.8, 4) is 0 Å². The Morgan fingerprint density at radius 1 is 1.29 bits per heavy atom. The van der Waals surface area contributed by atoms with Crippen molar-refractivity contribution in [2.75, 3.05) is 32.7 Å². The molecular formula is C15H31N3O2S. The number of rotatable bonds is 8. The zero-order valence-electron chi connectivity index (χ0n) is 13.5. The van der Waals surface area contributed by atoms with E-state index in [-0.39, 0.29) is 5.41 Å². The lowest BCUT2D eigenvalue weighted by Gasteiger charge is -2.39. The monoisotopic (exact) mass is 317 g/mol. The van der Waals surface area contributed by atoms with Gasteiger partial charge in [-0.25, -0.2) is 4.72 Å². The molecule has 0 spiro atoms. The van der Waals surface area contributed by atoms with Gasteiger partial charge in [-0.1, -0.05) is 20.3 Å². The third-order valence-electron chi connectivity index (χ3n) is 4.92. The summed E-state index contributed by atoms with van der Waals surface area (Å²) in [7, 11) is -3.30. The molecule has 2 N–H and O–H groups in total. The van der Waals surface area contributed by atoms with Crippen molar-refractivity contribution < 1.29 is 8.42 Å². The summed E-state index contributed by atoms with van der Waals surface area (Å²) in [4.78, 5) is 0. The molecule has 0 aromatic heterocycles. The normalized spacial score (nSPS) is 26.5. The van der Waals surface area contributed by atoms with Gasteiger partial charge in [-0.15, -0.1) is 0 Å². The second-order valence-electron chi connectivity index (χ2n) is 7.06. The Labute approximate surface area is 130 Å². The first-order valence-electron chi connectivity index (χ1n) is 8.41. The van der Waals surface area contributed by atoms with Gasteiger partial charge in [-0.2, -0.15) is 12.7 Å². The fourth-order valence-electron chi connectivity index (χ4n) is 3.21. The first kappa shape index (κ1) is 17.2. The van der Waals surface area contributed by atoms with E-state index in [4.69, 9.17) is 0 Å². The standard InChI is InChI=1S/C15H31N3O2S/c1-3-9-16-11-14-6-4-10-18(12-14)21(19,20)17-13-15(2)7-5-8-15/h14,16-17H,3-13H2,1-2H3. The molecule has 1 saturated carbocycles. The fourth-order valence-corrected chi connectivity index (χ4v) is 4.70. The van der Waals surface area contributed by atoms with E-state index in [1.165, 1.54) is 6.42 Å². The summed E-state index contributed by atoms with van der Waals surface area (Å²) in [5, 5.41) is 3.41. The van der Waals surface area contributed by atoms with Gasteiger partial charge in [0.25, 0.3) is 10.2 Å². The predicted molar refractivity (Wildman–Crippen MR) is 86.3 cm³/mol. The van der Waals surface area contributed by atoms with E-state index in [1.54, 1.807) is 4.31 Å². The molecule has 0 aromatic rings. The maximum atomic E-state index is 12.4. The molecule has 1 atom stereocenters. The molecule has 2 aliphatic rings. The van der Waals surface area contributed by atoms with E-state index in [0.29, 0.717) is 25.6 Å². The molecule has 124 valence electrons. The first-order valence-corrected chi connectivity index (χ1v) is 9.85. The smallest absolute Gasteiger partial charge is 0.279 e. The van der Waals surface area contributed by atoms with Gasteiger partial charge in [-0.05, 0) is 56.5 Å². The fraction of sp³-hybridized carbons (Fsp3) is 1.00. The third kappa shape index (κ3) is 4.91. The molecule has 5 nitrogen and oxygen atoms in total. The maximum Gasteiger partial charge on any atom is 0.279 e. The number of nitrogens with zero attached hydrogens (tertiary/aromatic N) is 1. The molecular weight excluding hydrogens is 286 g/mol. The summed E-state index contributed by atoms with van der Waals surface area (Å²) < 4.78 is 29.4. The van der Waals surface area contributed by atoms with Crippen molar-refractivity contribution in [1.82, 2.24) is 14.3 Å². The van der Waals surface area contributed by atoms with Gasteiger partial charge in [-0.3, -0.25) is 0 Å². The molecule has 6 heteroatoms. The van der Waals surface area contributed by atoms with Crippen molar-refractivity contribution in [2.45, 2.75) is 52.4 Å². The highest BCUT2D eigenvalue weighted by Crippen LogP contribution is 2.39. The molecule has 1 unspecified atom stereocenters.